The number of benzene rings is 5. The van der Waals surface area contributed by atoms with Crippen LogP contribution in [0, 0.1) is 29.2 Å². The highest BCUT2D eigenvalue weighted by Crippen LogP contribution is 2.27. The molecule has 0 aliphatic heterocycles. The van der Waals surface area contributed by atoms with Crippen molar-refractivity contribution in [2.45, 2.75) is 72.8 Å². The summed E-state index contributed by atoms with van der Waals surface area (Å²) in [6, 6.07) is 30.5. The highest BCUT2D eigenvalue weighted by Gasteiger charge is 2.31. The maximum absolute atomic E-state index is 13.5. The van der Waals surface area contributed by atoms with Gasteiger partial charge < -0.3 is 42.7 Å². The highest BCUT2D eigenvalue weighted by molar-refractivity contribution is 5.95. The lowest BCUT2D eigenvalue weighted by Crippen LogP contribution is -2.44. The van der Waals surface area contributed by atoms with Crippen molar-refractivity contribution in [2.24, 2.45) is 5.92 Å². The molecular formula is C50H64F4N9O3+. The third-order valence-electron chi connectivity index (χ3n) is 10.8. The molecule has 0 spiro atoms. The van der Waals surface area contributed by atoms with Crippen molar-refractivity contribution in [1.82, 2.24) is 15.6 Å². The molecule has 0 saturated carbocycles. The number of para-hydroxylation sites is 1. The van der Waals surface area contributed by atoms with E-state index in [1.54, 1.807) is 0 Å². The Labute approximate surface area is 384 Å². The second-order valence-electron chi connectivity index (χ2n) is 16.9. The number of nitrogen functional groups attached to an aromatic ring is 3. The number of aliphatic hydroxyl groups is 1. The van der Waals surface area contributed by atoms with E-state index in [1.165, 1.54) is 19.5 Å². The smallest absolute Gasteiger partial charge is 0.257 e. The summed E-state index contributed by atoms with van der Waals surface area (Å²) in [6.07, 6.45) is 2.56. The van der Waals surface area contributed by atoms with Gasteiger partial charge in [-0.25, -0.2) is 22.5 Å². The van der Waals surface area contributed by atoms with Crippen LogP contribution in [0.3, 0.4) is 0 Å². The second-order valence-corrected chi connectivity index (χ2v) is 16.9. The summed E-state index contributed by atoms with van der Waals surface area (Å²) in [4.78, 5) is 32.7. The molecule has 66 heavy (non-hydrogen) atoms. The van der Waals surface area contributed by atoms with Gasteiger partial charge in [-0.2, -0.15) is 0 Å². The summed E-state index contributed by atoms with van der Waals surface area (Å²) in [5.41, 5.74) is 21.8. The van der Waals surface area contributed by atoms with E-state index < -0.39 is 46.0 Å². The fourth-order valence-corrected chi connectivity index (χ4v) is 6.98. The first-order chi connectivity index (χ1) is 31.3. The van der Waals surface area contributed by atoms with Crippen LogP contribution in [-0.2, 0) is 4.79 Å². The first-order valence-corrected chi connectivity index (χ1v) is 22.1. The molecule has 16 heteroatoms. The number of nitrogens with two attached hydrogens (primary N) is 3. The Morgan fingerprint density at radius 3 is 1.92 bits per heavy atom. The molecule has 6 rings (SSSR count). The largest absolute Gasteiger partial charge is 0.399 e. The number of hydrogen-bond acceptors (Lipinski definition) is 9. The molecular weight excluding hydrogens is 851 g/mol. The van der Waals surface area contributed by atoms with Gasteiger partial charge in [0, 0.05) is 98.8 Å². The molecule has 0 saturated heterocycles. The molecule has 0 aliphatic rings. The van der Waals surface area contributed by atoms with Crippen LogP contribution in [0.5, 0.6) is 0 Å². The Kier molecular flexibility index (Phi) is 18.9. The van der Waals surface area contributed by atoms with Gasteiger partial charge in [-0.1, -0.05) is 32.0 Å². The Balaban J connectivity index is 0.000000220. The fourth-order valence-electron chi connectivity index (χ4n) is 6.98. The Bertz CT molecular complexity index is 2530. The van der Waals surface area contributed by atoms with Gasteiger partial charge in [0.1, 0.15) is 22.3 Å². The quantitative estimate of drug-likeness (QED) is 0.0183. The molecule has 2 amide bonds. The molecule has 1 aromatic heterocycles. The van der Waals surface area contributed by atoms with Crippen LogP contribution in [0.2, 0.25) is 0 Å². The number of carbonyl (C=O) groups excluding carboxylic acids is 2. The zero-order valence-corrected chi connectivity index (χ0v) is 38.9. The normalized spacial score (nSPS) is 11.1. The van der Waals surface area contributed by atoms with Crippen molar-refractivity contribution in [1.29, 1.82) is 0 Å². The zero-order chi connectivity index (χ0) is 48.7. The SMILES string of the molecule is CC(C)(CCO)NC(=O)c1c(F)c(F)c(N)c(F)c1F.CC(C)CCNC(=O)CCCN(C)c1ccc(N)cc1.CCN(CC)c1ccc2nc3ccc(N)cc3[n+](-c3ccccc3)c2c1. The molecule has 0 atom stereocenters. The van der Waals surface area contributed by atoms with Gasteiger partial charge in [-0.05, 0) is 101 Å². The topological polar surface area (TPSA) is 180 Å². The number of nitrogens with zero attached hydrogens (tertiary/aromatic N) is 4. The lowest BCUT2D eigenvalue weighted by molar-refractivity contribution is -0.538. The lowest BCUT2D eigenvalue weighted by atomic mass is 10.00. The number of hydrogen-bond donors (Lipinski definition) is 6. The van der Waals surface area contributed by atoms with Crippen LogP contribution in [0.4, 0.5) is 46.0 Å². The number of rotatable bonds is 16. The number of fused-ring (bicyclic) bond motifs is 2. The van der Waals surface area contributed by atoms with Crippen molar-refractivity contribution < 1.29 is 36.8 Å². The van der Waals surface area contributed by atoms with E-state index in [0.29, 0.717) is 12.3 Å². The van der Waals surface area contributed by atoms with Crippen LogP contribution >= 0.6 is 0 Å². The third kappa shape index (κ3) is 13.9. The number of anilines is 5. The molecule has 0 bridgehead atoms. The van der Waals surface area contributed by atoms with Gasteiger partial charge in [-0.3, -0.25) is 9.59 Å². The van der Waals surface area contributed by atoms with E-state index in [0.717, 1.165) is 83.8 Å². The number of nitrogens with one attached hydrogen (secondary N) is 2. The number of carbonyl (C=O) groups is 2. The van der Waals surface area contributed by atoms with E-state index in [4.69, 9.17) is 27.3 Å². The minimum Gasteiger partial charge on any atom is -0.399 e. The molecule has 0 radical (unpaired) electrons. The van der Waals surface area contributed by atoms with Gasteiger partial charge in [-0.15, -0.1) is 4.57 Å². The average Bonchev–Trinajstić information content (AvgIpc) is 3.28. The minimum absolute atomic E-state index is 0.0852. The summed E-state index contributed by atoms with van der Waals surface area (Å²) in [7, 11) is 2.03. The number of amides is 2. The molecule has 1 heterocycles. The van der Waals surface area contributed by atoms with E-state index >= 15 is 0 Å². The van der Waals surface area contributed by atoms with E-state index in [1.807, 2.05) is 55.6 Å². The predicted molar refractivity (Wildman–Crippen MR) is 259 cm³/mol. The van der Waals surface area contributed by atoms with Crippen molar-refractivity contribution in [3.8, 4) is 5.69 Å². The Hall–Kier alpha value is -6.68. The Morgan fingerprint density at radius 2 is 1.35 bits per heavy atom. The summed E-state index contributed by atoms with van der Waals surface area (Å²) in [5.74, 6) is -7.93. The van der Waals surface area contributed by atoms with Crippen LogP contribution in [0.1, 0.15) is 77.6 Å². The number of aromatic nitrogens is 2. The first-order valence-electron chi connectivity index (χ1n) is 22.1. The van der Waals surface area contributed by atoms with Gasteiger partial charge in [0.05, 0.1) is 0 Å². The lowest BCUT2D eigenvalue weighted by Gasteiger charge is -2.25. The van der Waals surface area contributed by atoms with Crippen LogP contribution in [0.25, 0.3) is 27.8 Å². The zero-order valence-electron chi connectivity index (χ0n) is 38.9. The summed E-state index contributed by atoms with van der Waals surface area (Å²) in [6.45, 7) is 14.9. The van der Waals surface area contributed by atoms with E-state index in [2.05, 4.69) is 95.2 Å². The summed E-state index contributed by atoms with van der Waals surface area (Å²) < 4.78 is 55.8. The maximum Gasteiger partial charge on any atom is 0.257 e. The monoisotopic (exact) mass is 915 g/mol. The van der Waals surface area contributed by atoms with Crippen LogP contribution in [-0.4, -0.2) is 67.3 Å². The summed E-state index contributed by atoms with van der Waals surface area (Å²) >= 11 is 0. The highest BCUT2D eigenvalue weighted by atomic mass is 19.2. The Morgan fingerprint density at radius 1 is 0.788 bits per heavy atom. The molecule has 12 nitrogen and oxygen atoms in total. The van der Waals surface area contributed by atoms with E-state index in [9.17, 15) is 27.2 Å². The van der Waals surface area contributed by atoms with E-state index in [-0.39, 0.29) is 18.9 Å². The minimum atomic E-state index is -1.86. The second kappa shape index (κ2) is 24.0. The van der Waals surface area contributed by atoms with Gasteiger partial charge in [0.2, 0.25) is 22.6 Å². The first kappa shape index (κ1) is 51.9. The van der Waals surface area contributed by atoms with Gasteiger partial charge in [0.25, 0.3) is 5.91 Å². The van der Waals surface area contributed by atoms with Gasteiger partial charge >= 0.3 is 0 Å². The summed E-state index contributed by atoms with van der Waals surface area (Å²) in [5, 5.41) is 13.9. The molecule has 0 fully saturated rings. The van der Waals surface area contributed by atoms with Crippen LogP contribution < -0.4 is 42.2 Å². The predicted octanol–water partition coefficient (Wildman–Crippen LogP) is 8.46. The molecule has 6 aromatic rings. The van der Waals surface area contributed by atoms with Crippen LogP contribution in [0.15, 0.2) is 91.0 Å². The maximum atomic E-state index is 13.5. The number of halogens is 4. The molecule has 0 aliphatic carbocycles. The molecule has 0 unspecified atom stereocenters. The van der Waals surface area contributed by atoms with Crippen molar-refractivity contribution in [3.05, 3.63) is 120 Å². The van der Waals surface area contributed by atoms with Gasteiger partial charge in [0.15, 0.2) is 23.3 Å². The molecule has 354 valence electrons. The third-order valence-corrected chi connectivity index (χ3v) is 10.8. The number of aliphatic hydroxyl groups excluding tert-OH is 1. The van der Waals surface area contributed by atoms with Crippen molar-refractivity contribution in [2.75, 3.05) is 66.8 Å². The fraction of sp³-hybridized carbons (Fsp3) is 0.360. The molecule has 5 aromatic carbocycles. The van der Waals surface area contributed by atoms with Crippen molar-refractivity contribution >= 4 is 62.3 Å². The standard InChI is InChI=1S/C22H22N4.C16H27N3O.C12H14F4N2O2/c1-3-25(4-2)18-11-13-20-22(15-18)26(17-8-6-5-7-9-17)21-14-16(23)10-12-19(21)24-20;1-13(2)10-11-18-16(20)5-4-12-19(3)15-8-6-14(17)7-9-15;1-12(2,3-4-19)18-11(20)5-6(13)8(15)10(17)9(16)7(5)14/h5-15,23H,3-4H2,1-2H3;6-9,13H,4-5,10-12,17H2,1-3H3,(H,18,20);19H,3-4,17H2,1-2H3,(H,18,20)/p+1. The van der Waals surface area contributed by atoms with Crippen molar-refractivity contribution in [3.63, 3.8) is 0 Å². The average molecular weight is 915 g/mol. The molecule has 9 N–H and O–H groups in total.